The third kappa shape index (κ3) is 3.36. The van der Waals surface area contributed by atoms with Gasteiger partial charge in [-0.15, -0.1) is 0 Å². The topological polar surface area (TPSA) is 59.9 Å². The molecule has 1 aromatic heterocycles. The molecule has 0 radical (unpaired) electrons. The van der Waals surface area contributed by atoms with E-state index in [0.717, 1.165) is 5.56 Å². The van der Waals surface area contributed by atoms with E-state index in [4.69, 9.17) is 9.47 Å². The molecule has 2 rings (SSSR count). The molecule has 20 heavy (non-hydrogen) atoms. The molecule has 0 spiro atoms. The van der Waals surface area contributed by atoms with Crippen molar-refractivity contribution < 1.29 is 14.3 Å². The molecule has 5 nitrogen and oxygen atoms in total. The summed E-state index contributed by atoms with van der Waals surface area (Å²) in [5.74, 6) is 0.769. The first-order chi connectivity index (χ1) is 9.74. The zero-order chi connectivity index (χ0) is 14.4. The summed E-state index contributed by atoms with van der Waals surface area (Å²) < 4.78 is 10.3. The summed E-state index contributed by atoms with van der Waals surface area (Å²) in [5.41, 5.74) is 3.86. The highest BCUT2D eigenvalue weighted by Gasteiger charge is 2.09. The third-order valence-corrected chi connectivity index (χ3v) is 3.27. The lowest BCUT2D eigenvalue weighted by molar-refractivity contribution is 0.0954. The van der Waals surface area contributed by atoms with Gasteiger partial charge in [0, 0.05) is 11.1 Å². The summed E-state index contributed by atoms with van der Waals surface area (Å²) in [6.45, 7) is 0. The molecule has 0 bridgehead atoms. The number of nitrogens with one attached hydrogen (secondary N) is 1. The fraction of sp³-hybridized carbons (Fsp3) is 0.143. The van der Waals surface area contributed by atoms with Crippen LogP contribution in [0.5, 0.6) is 11.5 Å². The van der Waals surface area contributed by atoms with Gasteiger partial charge in [0.15, 0.2) is 11.5 Å². The summed E-state index contributed by atoms with van der Waals surface area (Å²) in [6, 6.07) is 6.85. The van der Waals surface area contributed by atoms with Crippen molar-refractivity contribution in [1.29, 1.82) is 0 Å². The van der Waals surface area contributed by atoms with Crippen LogP contribution in [-0.2, 0) is 0 Å². The maximum absolute atomic E-state index is 11.9. The first kappa shape index (κ1) is 14.1. The van der Waals surface area contributed by atoms with E-state index in [1.807, 2.05) is 16.8 Å². The van der Waals surface area contributed by atoms with Crippen molar-refractivity contribution in [2.45, 2.75) is 0 Å². The third-order valence-electron chi connectivity index (χ3n) is 2.57. The van der Waals surface area contributed by atoms with E-state index in [9.17, 15) is 4.79 Å². The Kier molecular flexibility index (Phi) is 4.73. The number of hydrogen-bond acceptors (Lipinski definition) is 5. The molecule has 0 aliphatic rings. The van der Waals surface area contributed by atoms with Crippen molar-refractivity contribution in [1.82, 2.24) is 5.43 Å². The molecule has 0 saturated carbocycles. The molecule has 0 fully saturated rings. The molecule has 6 heteroatoms. The number of rotatable bonds is 5. The number of hydrogen-bond donors (Lipinski definition) is 1. The van der Waals surface area contributed by atoms with Gasteiger partial charge in [-0.05, 0) is 35.0 Å². The summed E-state index contributed by atoms with van der Waals surface area (Å²) in [6.07, 6.45) is 1.59. The average Bonchev–Trinajstić information content (AvgIpc) is 2.99. The number of benzene rings is 1. The van der Waals surface area contributed by atoms with Crippen LogP contribution in [0.1, 0.15) is 15.9 Å². The van der Waals surface area contributed by atoms with E-state index in [-0.39, 0.29) is 5.91 Å². The van der Waals surface area contributed by atoms with Gasteiger partial charge in [-0.3, -0.25) is 4.79 Å². The standard InChI is InChI=1S/C14H14N2O3S/c1-18-12-4-3-11(7-13(12)19-2)14(17)16-15-8-10-5-6-20-9-10/h3-9H,1-2H3,(H,16,17). The van der Waals surface area contributed by atoms with Crippen LogP contribution in [0.25, 0.3) is 0 Å². The minimum Gasteiger partial charge on any atom is -0.493 e. The molecular weight excluding hydrogens is 276 g/mol. The van der Waals surface area contributed by atoms with Gasteiger partial charge in [0.2, 0.25) is 0 Å². The molecule has 0 aliphatic heterocycles. The summed E-state index contributed by atoms with van der Waals surface area (Å²) >= 11 is 1.57. The van der Waals surface area contributed by atoms with Crippen molar-refractivity contribution in [3.05, 3.63) is 46.2 Å². The molecule has 1 aromatic carbocycles. The number of methoxy groups -OCH3 is 2. The van der Waals surface area contributed by atoms with Gasteiger partial charge in [-0.25, -0.2) is 5.43 Å². The highest BCUT2D eigenvalue weighted by atomic mass is 32.1. The summed E-state index contributed by atoms with van der Waals surface area (Å²) in [5, 5.41) is 7.78. The Morgan fingerprint density at radius 3 is 2.70 bits per heavy atom. The second-order valence-electron chi connectivity index (χ2n) is 3.83. The van der Waals surface area contributed by atoms with Gasteiger partial charge in [0.25, 0.3) is 5.91 Å². The average molecular weight is 290 g/mol. The summed E-state index contributed by atoms with van der Waals surface area (Å²) in [7, 11) is 3.07. The van der Waals surface area contributed by atoms with Crippen LogP contribution in [0.2, 0.25) is 0 Å². The van der Waals surface area contributed by atoms with Crippen LogP contribution >= 0.6 is 11.3 Å². The highest BCUT2D eigenvalue weighted by molar-refractivity contribution is 7.08. The predicted octanol–water partition coefficient (Wildman–Crippen LogP) is 2.53. The van der Waals surface area contributed by atoms with Gasteiger partial charge >= 0.3 is 0 Å². The van der Waals surface area contributed by atoms with Crippen LogP contribution in [0, 0.1) is 0 Å². The van der Waals surface area contributed by atoms with E-state index >= 15 is 0 Å². The number of carbonyl (C=O) groups is 1. The second-order valence-corrected chi connectivity index (χ2v) is 4.61. The fourth-order valence-corrected chi connectivity index (χ4v) is 2.17. The van der Waals surface area contributed by atoms with Gasteiger partial charge in [-0.1, -0.05) is 0 Å². The van der Waals surface area contributed by atoms with E-state index in [0.29, 0.717) is 17.1 Å². The first-order valence-corrected chi connectivity index (χ1v) is 6.76. The largest absolute Gasteiger partial charge is 0.493 e. The minimum atomic E-state index is -0.308. The lowest BCUT2D eigenvalue weighted by Crippen LogP contribution is -2.17. The molecule has 104 valence electrons. The zero-order valence-corrected chi connectivity index (χ0v) is 11.9. The van der Waals surface area contributed by atoms with Crippen molar-refractivity contribution in [2.24, 2.45) is 5.10 Å². The van der Waals surface area contributed by atoms with Crippen LogP contribution < -0.4 is 14.9 Å². The Labute approximate surface area is 120 Å². The second kappa shape index (κ2) is 6.72. The van der Waals surface area contributed by atoms with Gasteiger partial charge in [0.05, 0.1) is 20.4 Å². The van der Waals surface area contributed by atoms with Crippen molar-refractivity contribution >= 4 is 23.5 Å². The predicted molar refractivity (Wildman–Crippen MR) is 78.9 cm³/mol. The monoisotopic (exact) mass is 290 g/mol. The molecular formula is C14H14N2O3S. The van der Waals surface area contributed by atoms with E-state index in [1.54, 1.807) is 42.9 Å². The number of carbonyl (C=O) groups excluding carboxylic acids is 1. The van der Waals surface area contributed by atoms with Crippen LogP contribution in [0.15, 0.2) is 40.1 Å². The number of hydrazone groups is 1. The molecule has 1 amide bonds. The van der Waals surface area contributed by atoms with E-state index in [2.05, 4.69) is 10.5 Å². The quantitative estimate of drug-likeness (QED) is 0.680. The Bertz CT molecular complexity index is 609. The molecule has 0 atom stereocenters. The number of nitrogens with zero attached hydrogens (tertiary/aromatic N) is 1. The minimum absolute atomic E-state index is 0.308. The fourth-order valence-electron chi connectivity index (χ4n) is 1.56. The van der Waals surface area contributed by atoms with Crippen molar-refractivity contribution in [3.8, 4) is 11.5 Å². The Morgan fingerprint density at radius 1 is 1.25 bits per heavy atom. The lowest BCUT2D eigenvalue weighted by Gasteiger charge is -2.08. The van der Waals surface area contributed by atoms with E-state index < -0.39 is 0 Å². The molecule has 2 aromatic rings. The number of amides is 1. The molecule has 0 unspecified atom stereocenters. The smallest absolute Gasteiger partial charge is 0.271 e. The SMILES string of the molecule is COc1ccc(C(=O)NN=Cc2ccsc2)cc1OC. The Balaban J connectivity index is 2.05. The number of ether oxygens (including phenoxy) is 2. The highest BCUT2D eigenvalue weighted by Crippen LogP contribution is 2.27. The molecule has 0 aliphatic carbocycles. The number of thiophene rings is 1. The maximum atomic E-state index is 11.9. The maximum Gasteiger partial charge on any atom is 0.271 e. The van der Waals surface area contributed by atoms with Gasteiger partial charge in [-0.2, -0.15) is 16.4 Å². The van der Waals surface area contributed by atoms with Crippen molar-refractivity contribution in [2.75, 3.05) is 14.2 Å². The summed E-state index contributed by atoms with van der Waals surface area (Å²) in [4.78, 5) is 11.9. The zero-order valence-electron chi connectivity index (χ0n) is 11.1. The normalized spacial score (nSPS) is 10.5. The first-order valence-electron chi connectivity index (χ1n) is 5.82. The Morgan fingerprint density at radius 2 is 2.05 bits per heavy atom. The lowest BCUT2D eigenvalue weighted by atomic mass is 10.2. The van der Waals surface area contributed by atoms with Gasteiger partial charge < -0.3 is 9.47 Å². The van der Waals surface area contributed by atoms with Crippen LogP contribution in [-0.4, -0.2) is 26.3 Å². The van der Waals surface area contributed by atoms with Crippen LogP contribution in [0.3, 0.4) is 0 Å². The van der Waals surface area contributed by atoms with Crippen molar-refractivity contribution in [3.63, 3.8) is 0 Å². The van der Waals surface area contributed by atoms with Gasteiger partial charge in [0.1, 0.15) is 0 Å². The Hall–Kier alpha value is -2.34. The molecule has 0 saturated heterocycles. The molecule has 1 N–H and O–H groups in total. The van der Waals surface area contributed by atoms with E-state index in [1.165, 1.54) is 7.11 Å². The molecule has 1 heterocycles. The van der Waals surface area contributed by atoms with Crippen LogP contribution in [0.4, 0.5) is 0 Å².